The van der Waals surface area contributed by atoms with Crippen molar-refractivity contribution >= 4 is 14.0 Å². The molecule has 0 spiro atoms. The van der Waals surface area contributed by atoms with Gasteiger partial charge in [-0.05, 0) is 56.1 Å². The van der Waals surface area contributed by atoms with Crippen LogP contribution < -0.4 is 4.43 Å². The fraction of sp³-hybridized carbons (Fsp3) is 0.450. The summed E-state index contributed by atoms with van der Waals surface area (Å²) in [5.41, 5.74) is 3.37. The predicted octanol–water partition coefficient (Wildman–Crippen LogP) is 5.47. The Morgan fingerprint density at radius 1 is 1.12 bits per heavy atom. The molecule has 0 N–H and O–H groups in total. The highest BCUT2D eigenvalue weighted by Crippen LogP contribution is 2.22. The Hall–Kier alpha value is -2.21. The zero-order valence-electron chi connectivity index (χ0n) is 16.1. The molecular formula is C20H28N2O3Si. The third-order valence-corrected chi connectivity index (χ3v) is 6.81. The quantitative estimate of drug-likeness (QED) is 0.333. The van der Waals surface area contributed by atoms with Gasteiger partial charge in [-0.25, -0.2) is 4.98 Å². The molecule has 2 aromatic rings. The summed E-state index contributed by atoms with van der Waals surface area (Å²) >= 11 is 0. The predicted molar refractivity (Wildman–Crippen MR) is 107 cm³/mol. The molecule has 26 heavy (non-hydrogen) atoms. The fourth-order valence-electron chi connectivity index (χ4n) is 2.84. The molecule has 0 aliphatic rings. The number of benzene rings is 1. The van der Waals surface area contributed by atoms with Gasteiger partial charge < -0.3 is 4.43 Å². The molecule has 0 bridgehead atoms. The Morgan fingerprint density at radius 3 is 2.42 bits per heavy atom. The first kappa shape index (κ1) is 20.1. The highest BCUT2D eigenvalue weighted by atomic mass is 28.4. The van der Waals surface area contributed by atoms with Crippen molar-refractivity contribution in [2.24, 2.45) is 0 Å². The summed E-state index contributed by atoms with van der Waals surface area (Å²) in [6.07, 6.45) is 3.96. The van der Waals surface area contributed by atoms with E-state index in [0.29, 0.717) is 0 Å². The molecule has 140 valence electrons. The van der Waals surface area contributed by atoms with Gasteiger partial charge in [-0.2, -0.15) is 0 Å². The Labute approximate surface area is 156 Å². The summed E-state index contributed by atoms with van der Waals surface area (Å²) in [6.45, 7) is 8.73. The van der Waals surface area contributed by atoms with Crippen molar-refractivity contribution in [1.29, 1.82) is 0 Å². The van der Waals surface area contributed by atoms with Gasteiger partial charge in [0.1, 0.15) is 0 Å². The second-order valence-electron chi connectivity index (χ2n) is 7.30. The Bertz CT molecular complexity index is 745. The van der Waals surface area contributed by atoms with E-state index >= 15 is 0 Å². The molecule has 0 saturated heterocycles. The maximum atomic E-state index is 10.7. The lowest BCUT2D eigenvalue weighted by Gasteiger charge is -2.23. The van der Waals surface area contributed by atoms with E-state index in [2.05, 4.69) is 33.0 Å². The molecule has 2 rings (SSSR count). The summed E-state index contributed by atoms with van der Waals surface area (Å²) in [5, 5.41) is 10.7. The molecular weight excluding hydrogens is 344 g/mol. The zero-order chi connectivity index (χ0) is 19.2. The molecule has 0 unspecified atom stereocenters. The Morgan fingerprint density at radius 2 is 1.81 bits per heavy atom. The topological polar surface area (TPSA) is 65.3 Å². The Balaban J connectivity index is 2.03. The molecule has 0 radical (unpaired) electrons. The number of hydrogen-bond acceptors (Lipinski definition) is 4. The number of aromatic nitrogens is 1. The minimum absolute atomic E-state index is 0.123. The van der Waals surface area contributed by atoms with E-state index in [4.69, 9.17) is 9.41 Å². The summed E-state index contributed by atoms with van der Waals surface area (Å²) in [5.74, 6) is 0.724. The summed E-state index contributed by atoms with van der Waals surface area (Å²) < 4.78 is 6.25. The second-order valence-corrected chi connectivity index (χ2v) is 11.5. The number of unbranched alkanes of at least 4 members (excludes halogenated alkanes) is 1. The number of hydrogen-bond donors (Lipinski definition) is 0. The largest absolute Gasteiger partial charge is 0.531 e. The van der Waals surface area contributed by atoms with Gasteiger partial charge in [0.2, 0.25) is 8.32 Å². The van der Waals surface area contributed by atoms with Crippen molar-refractivity contribution in [2.75, 3.05) is 0 Å². The second kappa shape index (κ2) is 8.94. The molecule has 0 fully saturated rings. The van der Waals surface area contributed by atoms with Gasteiger partial charge in [0.15, 0.2) is 5.88 Å². The van der Waals surface area contributed by atoms with Crippen LogP contribution in [0, 0.1) is 17.0 Å². The van der Waals surface area contributed by atoms with Crippen LogP contribution in [0.1, 0.15) is 36.6 Å². The first-order valence-corrected chi connectivity index (χ1v) is 12.3. The van der Waals surface area contributed by atoms with E-state index in [1.54, 1.807) is 12.1 Å². The van der Waals surface area contributed by atoms with Gasteiger partial charge in [-0.3, -0.25) is 10.1 Å². The fourth-order valence-corrected chi connectivity index (χ4v) is 4.83. The van der Waals surface area contributed by atoms with Crippen molar-refractivity contribution in [3.8, 4) is 5.88 Å². The van der Waals surface area contributed by atoms with Crippen molar-refractivity contribution in [1.82, 2.24) is 4.98 Å². The Kier molecular flexibility index (Phi) is 6.91. The number of nitrogens with zero attached hydrogens (tertiary/aromatic N) is 2. The molecule has 5 nitrogen and oxygen atoms in total. The van der Waals surface area contributed by atoms with Crippen LogP contribution in [0.2, 0.25) is 19.1 Å². The van der Waals surface area contributed by atoms with E-state index in [0.717, 1.165) is 41.6 Å². The van der Waals surface area contributed by atoms with E-state index < -0.39 is 8.32 Å². The van der Waals surface area contributed by atoms with Gasteiger partial charge in [-0.15, -0.1) is 0 Å². The van der Waals surface area contributed by atoms with Crippen LogP contribution in [0.4, 0.5) is 5.69 Å². The van der Waals surface area contributed by atoms with Crippen molar-refractivity contribution in [3.63, 3.8) is 0 Å². The average molecular weight is 373 g/mol. The van der Waals surface area contributed by atoms with Gasteiger partial charge in [-0.1, -0.05) is 38.0 Å². The van der Waals surface area contributed by atoms with Crippen molar-refractivity contribution < 1.29 is 9.35 Å². The molecule has 6 heteroatoms. The normalized spacial score (nSPS) is 11.4. The van der Waals surface area contributed by atoms with Gasteiger partial charge >= 0.3 is 0 Å². The molecule has 0 atom stereocenters. The van der Waals surface area contributed by atoms with Gasteiger partial charge in [0, 0.05) is 17.8 Å². The van der Waals surface area contributed by atoms with Crippen LogP contribution in [0.15, 0.2) is 36.4 Å². The summed E-state index contributed by atoms with van der Waals surface area (Å²) in [4.78, 5) is 15.1. The van der Waals surface area contributed by atoms with E-state index in [1.807, 2.05) is 18.2 Å². The van der Waals surface area contributed by atoms with Crippen molar-refractivity contribution in [2.45, 2.75) is 58.7 Å². The highest BCUT2D eigenvalue weighted by Gasteiger charge is 2.24. The minimum Gasteiger partial charge on any atom is -0.531 e. The van der Waals surface area contributed by atoms with Crippen LogP contribution >= 0.6 is 0 Å². The molecule has 0 aliphatic heterocycles. The maximum absolute atomic E-state index is 10.7. The van der Waals surface area contributed by atoms with Gasteiger partial charge in [0.25, 0.3) is 5.69 Å². The lowest BCUT2D eigenvalue weighted by molar-refractivity contribution is -0.384. The molecule has 1 heterocycles. The first-order valence-electron chi connectivity index (χ1n) is 9.19. The van der Waals surface area contributed by atoms with Gasteiger partial charge in [0.05, 0.1) is 4.92 Å². The maximum Gasteiger partial charge on any atom is 0.269 e. The highest BCUT2D eigenvalue weighted by molar-refractivity contribution is 6.71. The standard InChI is InChI=1S/C20H28N2O3Si/c1-5-6-15-26(3,4)25-20-14-7-16(2)19(21-20)13-10-17-8-11-18(12-9-17)22(23)24/h7-9,11-12,14H,5-6,10,13,15H2,1-4H3. The molecule has 0 amide bonds. The molecule has 0 saturated carbocycles. The van der Waals surface area contributed by atoms with Crippen LogP contribution in [0.25, 0.3) is 0 Å². The van der Waals surface area contributed by atoms with Crippen LogP contribution in [0.5, 0.6) is 5.88 Å². The number of nitro benzene ring substituents is 1. The van der Waals surface area contributed by atoms with E-state index in [-0.39, 0.29) is 10.6 Å². The molecule has 1 aromatic carbocycles. The number of non-ortho nitro benzene ring substituents is 1. The lowest BCUT2D eigenvalue weighted by atomic mass is 10.1. The van der Waals surface area contributed by atoms with Crippen LogP contribution in [-0.2, 0) is 12.8 Å². The SMILES string of the molecule is CCCC[Si](C)(C)Oc1ccc(C)c(CCc2ccc([N+](=O)[O-])cc2)n1. The smallest absolute Gasteiger partial charge is 0.269 e. The number of nitro groups is 1. The van der Waals surface area contributed by atoms with Crippen LogP contribution in [0.3, 0.4) is 0 Å². The summed E-state index contributed by atoms with van der Waals surface area (Å²) in [6, 6.07) is 11.9. The molecule has 1 aromatic heterocycles. The van der Waals surface area contributed by atoms with Crippen LogP contribution in [-0.4, -0.2) is 18.2 Å². The third-order valence-electron chi connectivity index (χ3n) is 4.49. The first-order chi connectivity index (χ1) is 12.3. The average Bonchev–Trinajstić information content (AvgIpc) is 2.60. The number of aryl methyl sites for hydroxylation is 3. The number of rotatable bonds is 9. The minimum atomic E-state index is -1.74. The van der Waals surface area contributed by atoms with E-state index in [9.17, 15) is 10.1 Å². The number of pyridine rings is 1. The zero-order valence-corrected chi connectivity index (χ0v) is 17.1. The third kappa shape index (κ3) is 5.95. The lowest BCUT2D eigenvalue weighted by Crippen LogP contribution is -2.34. The van der Waals surface area contributed by atoms with Crippen molar-refractivity contribution in [3.05, 3.63) is 63.3 Å². The van der Waals surface area contributed by atoms with E-state index in [1.165, 1.54) is 12.8 Å². The summed E-state index contributed by atoms with van der Waals surface area (Å²) in [7, 11) is -1.74. The molecule has 0 aliphatic carbocycles. The monoisotopic (exact) mass is 372 g/mol.